The molecule has 0 unspecified atom stereocenters. The first-order valence-electron chi connectivity index (χ1n) is 10.0. The Morgan fingerprint density at radius 3 is 2.41 bits per heavy atom. The first kappa shape index (κ1) is 18.0. The molecular formula is C21H27N3O3. The zero-order chi connectivity index (χ0) is 18.9. The Morgan fingerprint density at radius 2 is 1.74 bits per heavy atom. The van der Waals surface area contributed by atoms with Gasteiger partial charge < -0.3 is 10.6 Å². The molecule has 1 saturated heterocycles. The van der Waals surface area contributed by atoms with Gasteiger partial charge in [0.2, 0.25) is 5.91 Å². The first-order chi connectivity index (χ1) is 13.0. The number of hydrogen-bond donors (Lipinski definition) is 2. The van der Waals surface area contributed by atoms with E-state index >= 15 is 0 Å². The Morgan fingerprint density at radius 1 is 1.04 bits per heavy atom. The van der Waals surface area contributed by atoms with Crippen molar-refractivity contribution >= 4 is 17.8 Å². The molecule has 4 amide bonds. The molecule has 1 aromatic carbocycles. The predicted octanol–water partition coefficient (Wildman–Crippen LogP) is 2.48. The number of amides is 4. The second-order valence-corrected chi connectivity index (χ2v) is 8.20. The van der Waals surface area contributed by atoms with Crippen molar-refractivity contribution in [2.24, 2.45) is 0 Å². The van der Waals surface area contributed by atoms with Gasteiger partial charge in [0.05, 0.1) is 0 Å². The molecule has 4 rings (SSSR count). The molecule has 1 spiro atoms. The number of rotatable bonds is 6. The van der Waals surface area contributed by atoms with Crippen molar-refractivity contribution in [3.05, 3.63) is 35.9 Å². The average molecular weight is 369 g/mol. The summed E-state index contributed by atoms with van der Waals surface area (Å²) in [5.74, 6) is -0.259. The van der Waals surface area contributed by atoms with Crippen molar-refractivity contribution < 1.29 is 14.4 Å². The van der Waals surface area contributed by atoms with Gasteiger partial charge in [0.25, 0.3) is 5.91 Å². The maximum atomic E-state index is 12.7. The zero-order valence-corrected chi connectivity index (χ0v) is 15.6. The molecule has 27 heavy (non-hydrogen) atoms. The fraction of sp³-hybridized carbons (Fsp3) is 0.571. The molecule has 6 heteroatoms. The van der Waals surface area contributed by atoms with Gasteiger partial charge in [0, 0.05) is 24.9 Å². The Hall–Kier alpha value is -2.37. The number of carbonyl (C=O) groups excluding carboxylic acids is 3. The summed E-state index contributed by atoms with van der Waals surface area (Å²) < 4.78 is 0. The van der Waals surface area contributed by atoms with Crippen LogP contribution in [-0.2, 0) is 15.0 Å². The summed E-state index contributed by atoms with van der Waals surface area (Å²) >= 11 is 0. The SMILES string of the molecule is O=C(CCN1C(=O)NC2(CCCCC2)C1=O)NCC1(c2ccccc2)CC1. The topological polar surface area (TPSA) is 78.5 Å². The molecule has 1 aromatic rings. The highest BCUT2D eigenvalue weighted by Crippen LogP contribution is 2.47. The smallest absolute Gasteiger partial charge is 0.325 e. The fourth-order valence-corrected chi connectivity index (χ4v) is 4.45. The summed E-state index contributed by atoms with van der Waals surface area (Å²) in [6, 6.07) is 9.91. The van der Waals surface area contributed by atoms with Crippen LogP contribution in [0.3, 0.4) is 0 Å². The molecule has 0 radical (unpaired) electrons. The number of carbonyl (C=O) groups is 3. The highest BCUT2D eigenvalue weighted by Gasteiger charge is 2.51. The normalized spacial score (nSPS) is 22.6. The van der Waals surface area contributed by atoms with Gasteiger partial charge >= 0.3 is 6.03 Å². The van der Waals surface area contributed by atoms with E-state index in [4.69, 9.17) is 0 Å². The van der Waals surface area contributed by atoms with Crippen LogP contribution in [0.5, 0.6) is 0 Å². The first-order valence-corrected chi connectivity index (χ1v) is 10.0. The van der Waals surface area contributed by atoms with Gasteiger partial charge in [-0.05, 0) is 31.2 Å². The molecule has 2 saturated carbocycles. The van der Waals surface area contributed by atoms with E-state index in [2.05, 4.69) is 22.8 Å². The third-order valence-corrected chi connectivity index (χ3v) is 6.38. The largest absolute Gasteiger partial charge is 0.355 e. The summed E-state index contributed by atoms with van der Waals surface area (Å²) in [6.07, 6.45) is 6.75. The van der Waals surface area contributed by atoms with E-state index in [1.54, 1.807) is 0 Å². The molecule has 0 bridgehead atoms. The zero-order valence-electron chi connectivity index (χ0n) is 15.6. The monoisotopic (exact) mass is 369 g/mol. The summed E-state index contributed by atoms with van der Waals surface area (Å²) in [6.45, 7) is 0.760. The lowest BCUT2D eigenvalue weighted by molar-refractivity contribution is -0.132. The van der Waals surface area contributed by atoms with Gasteiger partial charge in [0.15, 0.2) is 0 Å². The quantitative estimate of drug-likeness (QED) is 0.756. The molecule has 0 atom stereocenters. The lowest BCUT2D eigenvalue weighted by Crippen LogP contribution is -2.48. The van der Waals surface area contributed by atoms with Crippen molar-refractivity contribution in [2.75, 3.05) is 13.1 Å². The summed E-state index contributed by atoms with van der Waals surface area (Å²) in [7, 11) is 0. The number of benzene rings is 1. The van der Waals surface area contributed by atoms with Crippen LogP contribution in [0.15, 0.2) is 30.3 Å². The average Bonchev–Trinajstić information content (AvgIpc) is 3.45. The minimum absolute atomic E-state index is 0.0594. The highest BCUT2D eigenvalue weighted by atomic mass is 16.2. The summed E-state index contributed by atoms with van der Waals surface area (Å²) in [4.78, 5) is 38.5. The van der Waals surface area contributed by atoms with Crippen LogP contribution >= 0.6 is 0 Å². The minimum atomic E-state index is -0.711. The third-order valence-electron chi connectivity index (χ3n) is 6.38. The lowest BCUT2D eigenvalue weighted by atomic mass is 9.82. The van der Waals surface area contributed by atoms with E-state index in [-0.39, 0.29) is 36.2 Å². The van der Waals surface area contributed by atoms with Gasteiger partial charge in [0.1, 0.15) is 5.54 Å². The second kappa shape index (κ2) is 6.98. The molecule has 2 N–H and O–H groups in total. The van der Waals surface area contributed by atoms with E-state index in [1.165, 1.54) is 10.5 Å². The fourth-order valence-electron chi connectivity index (χ4n) is 4.45. The standard InChI is InChI=1S/C21H27N3O3/c25-17(22-15-20(12-13-20)16-7-3-1-4-8-16)9-14-24-18(26)21(23-19(24)27)10-5-2-6-11-21/h1,3-4,7-8H,2,5-6,9-15H2,(H,22,25)(H,23,27). The predicted molar refractivity (Wildman–Crippen MR) is 101 cm³/mol. The number of nitrogens with zero attached hydrogens (tertiary/aromatic N) is 1. The molecular weight excluding hydrogens is 342 g/mol. The maximum absolute atomic E-state index is 12.7. The Balaban J connectivity index is 1.28. The van der Waals surface area contributed by atoms with E-state index in [0.29, 0.717) is 19.4 Å². The number of nitrogens with one attached hydrogen (secondary N) is 2. The van der Waals surface area contributed by atoms with Gasteiger partial charge in [-0.15, -0.1) is 0 Å². The lowest BCUT2D eigenvalue weighted by Gasteiger charge is -2.30. The summed E-state index contributed by atoms with van der Waals surface area (Å²) in [5, 5.41) is 5.89. The van der Waals surface area contributed by atoms with Gasteiger partial charge in [-0.2, -0.15) is 0 Å². The minimum Gasteiger partial charge on any atom is -0.355 e. The van der Waals surface area contributed by atoms with Crippen LogP contribution in [0.1, 0.15) is 56.9 Å². The van der Waals surface area contributed by atoms with E-state index in [9.17, 15) is 14.4 Å². The van der Waals surface area contributed by atoms with Crippen LogP contribution in [0.25, 0.3) is 0 Å². The molecule has 1 heterocycles. The molecule has 3 aliphatic rings. The van der Waals surface area contributed by atoms with E-state index < -0.39 is 5.54 Å². The Kier molecular flexibility index (Phi) is 4.66. The number of imide groups is 1. The molecule has 6 nitrogen and oxygen atoms in total. The van der Waals surface area contributed by atoms with Crippen LogP contribution in [-0.4, -0.2) is 41.4 Å². The number of hydrogen-bond acceptors (Lipinski definition) is 3. The molecule has 3 fully saturated rings. The van der Waals surface area contributed by atoms with Crippen LogP contribution in [0.2, 0.25) is 0 Å². The highest BCUT2D eigenvalue weighted by molar-refractivity contribution is 6.07. The molecule has 2 aliphatic carbocycles. The van der Waals surface area contributed by atoms with Crippen molar-refractivity contribution in [2.45, 2.75) is 62.3 Å². The Labute approximate surface area is 159 Å². The summed E-state index contributed by atoms with van der Waals surface area (Å²) in [5.41, 5.74) is 0.611. The third kappa shape index (κ3) is 3.45. The van der Waals surface area contributed by atoms with Crippen molar-refractivity contribution in [1.82, 2.24) is 15.5 Å². The second-order valence-electron chi connectivity index (χ2n) is 8.20. The van der Waals surface area contributed by atoms with Crippen LogP contribution < -0.4 is 10.6 Å². The van der Waals surface area contributed by atoms with Crippen LogP contribution in [0, 0.1) is 0 Å². The van der Waals surface area contributed by atoms with Gasteiger partial charge in [-0.3, -0.25) is 14.5 Å². The Bertz CT molecular complexity index is 736. The van der Waals surface area contributed by atoms with Gasteiger partial charge in [-0.25, -0.2) is 4.79 Å². The van der Waals surface area contributed by atoms with Crippen molar-refractivity contribution in [3.63, 3.8) is 0 Å². The van der Waals surface area contributed by atoms with Crippen molar-refractivity contribution in [1.29, 1.82) is 0 Å². The molecule has 0 aromatic heterocycles. The number of urea groups is 1. The van der Waals surface area contributed by atoms with E-state index in [0.717, 1.165) is 32.1 Å². The van der Waals surface area contributed by atoms with Crippen LogP contribution in [0.4, 0.5) is 4.79 Å². The maximum Gasteiger partial charge on any atom is 0.325 e. The molecule has 1 aliphatic heterocycles. The van der Waals surface area contributed by atoms with Gasteiger partial charge in [-0.1, -0.05) is 49.6 Å². The van der Waals surface area contributed by atoms with Crippen molar-refractivity contribution in [3.8, 4) is 0 Å². The van der Waals surface area contributed by atoms with E-state index in [1.807, 2.05) is 18.2 Å². The molecule has 144 valence electrons.